The first kappa shape index (κ1) is 19.2. The third-order valence-electron chi connectivity index (χ3n) is 6.07. The third kappa shape index (κ3) is 4.56. The Hall–Kier alpha value is -1.62. The lowest BCUT2D eigenvalue weighted by Crippen LogP contribution is -2.43. The van der Waals surface area contributed by atoms with E-state index in [1.165, 1.54) is 24.8 Å². The molecule has 26 heavy (non-hydrogen) atoms. The van der Waals surface area contributed by atoms with E-state index in [1.54, 1.807) is 19.2 Å². The Morgan fingerprint density at radius 2 is 1.88 bits per heavy atom. The van der Waals surface area contributed by atoms with Gasteiger partial charge in [0.1, 0.15) is 5.82 Å². The van der Waals surface area contributed by atoms with E-state index in [0.29, 0.717) is 5.41 Å². The predicted molar refractivity (Wildman–Crippen MR) is 104 cm³/mol. The van der Waals surface area contributed by atoms with E-state index >= 15 is 0 Å². The molecule has 0 aromatic heterocycles. The van der Waals surface area contributed by atoms with Gasteiger partial charge in [0.15, 0.2) is 5.96 Å². The highest BCUT2D eigenvalue weighted by molar-refractivity contribution is 5.80. The lowest BCUT2D eigenvalue weighted by atomic mass is 9.67. The Bertz CT molecular complexity index is 606. The van der Waals surface area contributed by atoms with Crippen LogP contribution < -0.4 is 10.6 Å². The van der Waals surface area contributed by atoms with Gasteiger partial charge in [-0.3, -0.25) is 4.99 Å². The maximum Gasteiger partial charge on any atom is 0.191 e. The first-order valence-electron chi connectivity index (χ1n) is 9.89. The number of nitrogens with one attached hydrogen (secondary N) is 2. The van der Waals surface area contributed by atoms with Crippen LogP contribution in [0, 0.1) is 11.2 Å². The van der Waals surface area contributed by atoms with E-state index in [-0.39, 0.29) is 11.2 Å². The second-order valence-corrected chi connectivity index (χ2v) is 7.93. The van der Waals surface area contributed by atoms with Crippen LogP contribution in [0.2, 0.25) is 0 Å². The number of nitrogens with zero attached hydrogens (tertiary/aromatic N) is 1. The van der Waals surface area contributed by atoms with Crippen LogP contribution in [0.3, 0.4) is 0 Å². The van der Waals surface area contributed by atoms with E-state index in [2.05, 4.69) is 17.6 Å². The number of rotatable bonds is 9. The van der Waals surface area contributed by atoms with Crippen molar-refractivity contribution >= 4 is 5.96 Å². The molecule has 0 spiro atoms. The zero-order valence-electron chi connectivity index (χ0n) is 16.1. The van der Waals surface area contributed by atoms with Gasteiger partial charge in [-0.2, -0.15) is 0 Å². The summed E-state index contributed by atoms with van der Waals surface area (Å²) in [5.74, 6) is 0.721. The Morgan fingerprint density at radius 3 is 2.42 bits per heavy atom. The smallest absolute Gasteiger partial charge is 0.191 e. The van der Waals surface area contributed by atoms with Gasteiger partial charge in [-0.15, -0.1) is 0 Å². The molecule has 5 heteroatoms. The number of guanidine groups is 1. The van der Waals surface area contributed by atoms with Crippen LogP contribution in [0.15, 0.2) is 29.3 Å². The van der Waals surface area contributed by atoms with Gasteiger partial charge in [0.2, 0.25) is 0 Å². The summed E-state index contributed by atoms with van der Waals surface area (Å²) >= 11 is 0. The Balaban J connectivity index is 1.59. The molecule has 0 bridgehead atoms. The molecule has 0 unspecified atom stereocenters. The van der Waals surface area contributed by atoms with Crippen molar-refractivity contribution in [1.82, 2.24) is 10.6 Å². The molecule has 2 saturated carbocycles. The van der Waals surface area contributed by atoms with E-state index in [4.69, 9.17) is 9.73 Å². The van der Waals surface area contributed by atoms with Crippen LogP contribution in [-0.4, -0.2) is 39.3 Å². The minimum absolute atomic E-state index is 0.133. The molecule has 0 saturated heterocycles. The Kier molecular flexibility index (Phi) is 6.17. The number of methoxy groups -OCH3 is 1. The molecule has 1 aromatic rings. The normalized spacial score (nSPS) is 20.3. The SMILES string of the molecule is CCNC(=NCC1(CCOC)CCC1)NCC1(c2ccc(F)cc2)CC1. The van der Waals surface area contributed by atoms with Crippen molar-refractivity contribution in [3.05, 3.63) is 35.6 Å². The molecule has 2 N–H and O–H groups in total. The van der Waals surface area contributed by atoms with Gasteiger partial charge in [-0.1, -0.05) is 18.6 Å². The van der Waals surface area contributed by atoms with Gasteiger partial charge < -0.3 is 15.4 Å². The molecular formula is C21H32FN3O. The highest BCUT2D eigenvalue weighted by Gasteiger charge is 2.44. The number of aliphatic imine (C=N–C) groups is 1. The van der Waals surface area contributed by atoms with Crippen molar-refractivity contribution < 1.29 is 9.13 Å². The average molecular weight is 362 g/mol. The van der Waals surface area contributed by atoms with Crippen molar-refractivity contribution in [2.75, 3.05) is 33.4 Å². The van der Waals surface area contributed by atoms with Crippen LogP contribution in [0.25, 0.3) is 0 Å². The van der Waals surface area contributed by atoms with E-state index in [0.717, 1.165) is 51.5 Å². The summed E-state index contributed by atoms with van der Waals surface area (Å²) in [6.45, 7) is 5.45. The number of halogens is 1. The lowest BCUT2D eigenvalue weighted by Gasteiger charge is -2.40. The van der Waals surface area contributed by atoms with Crippen LogP contribution in [0.1, 0.15) is 51.0 Å². The number of hydrogen-bond acceptors (Lipinski definition) is 2. The highest BCUT2D eigenvalue weighted by Crippen LogP contribution is 2.47. The maximum atomic E-state index is 13.2. The summed E-state index contributed by atoms with van der Waals surface area (Å²) in [6, 6.07) is 6.96. The van der Waals surface area contributed by atoms with Crippen molar-refractivity contribution in [3.63, 3.8) is 0 Å². The molecule has 0 heterocycles. The van der Waals surface area contributed by atoms with Gasteiger partial charge in [0.05, 0.1) is 0 Å². The van der Waals surface area contributed by atoms with Crippen molar-refractivity contribution in [3.8, 4) is 0 Å². The molecule has 2 aliphatic carbocycles. The highest BCUT2D eigenvalue weighted by atomic mass is 19.1. The molecule has 2 aliphatic rings. The number of ether oxygens (including phenoxy) is 1. The average Bonchev–Trinajstić information content (AvgIpc) is 3.40. The van der Waals surface area contributed by atoms with Crippen LogP contribution in [-0.2, 0) is 10.2 Å². The molecule has 0 aliphatic heterocycles. The van der Waals surface area contributed by atoms with Crippen molar-refractivity contribution in [2.24, 2.45) is 10.4 Å². The largest absolute Gasteiger partial charge is 0.385 e. The van der Waals surface area contributed by atoms with E-state index < -0.39 is 0 Å². The van der Waals surface area contributed by atoms with E-state index in [9.17, 15) is 4.39 Å². The van der Waals surface area contributed by atoms with Gasteiger partial charge in [0.25, 0.3) is 0 Å². The summed E-state index contributed by atoms with van der Waals surface area (Å²) in [4.78, 5) is 4.88. The fourth-order valence-electron chi connectivity index (χ4n) is 3.85. The van der Waals surface area contributed by atoms with E-state index in [1.807, 2.05) is 12.1 Å². The molecule has 0 radical (unpaired) electrons. The molecule has 0 amide bonds. The number of benzene rings is 1. The monoisotopic (exact) mass is 361 g/mol. The van der Waals surface area contributed by atoms with Crippen LogP contribution in [0.4, 0.5) is 4.39 Å². The van der Waals surface area contributed by atoms with Gasteiger partial charge in [-0.05, 0) is 62.1 Å². The predicted octanol–water partition coefficient (Wildman–Crippen LogP) is 3.62. The lowest BCUT2D eigenvalue weighted by molar-refractivity contribution is 0.0778. The number of hydrogen-bond donors (Lipinski definition) is 2. The second kappa shape index (κ2) is 8.38. The topological polar surface area (TPSA) is 45.7 Å². The van der Waals surface area contributed by atoms with Crippen molar-refractivity contribution in [1.29, 1.82) is 0 Å². The van der Waals surface area contributed by atoms with Gasteiger partial charge >= 0.3 is 0 Å². The van der Waals surface area contributed by atoms with Gasteiger partial charge in [-0.25, -0.2) is 4.39 Å². The fraction of sp³-hybridized carbons (Fsp3) is 0.667. The first-order valence-corrected chi connectivity index (χ1v) is 9.89. The zero-order chi connectivity index (χ0) is 18.5. The fourth-order valence-corrected chi connectivity index (χ4v) is 3.85. The molecule has 1 aromatic carbocycles. The summed E-state index contributed by atoms with van der Waals surface area (Å²) in [6.07, 6.45) is 7.17. The van der Waals surface area contributed by atoms with Crippen molar-refractivity contribution in [2.45, 2.75) is 50.9 Å². The molecule has 144 valence electrons. The first-order chi connectivity index (χ1) is 12.6. The zero-order valence-corrected chi connectivity index (χ0v) is 16.1. The molecule has 3 rings (SSSR count). The molecule has 2 fully saturated rings. The summed E-state index contributed by atoms with van der Waals surface area (Å²) in [5.41, 5.74) is 1.68. The molecule has 4 nitrogen and oxygen atoms in total. The second-order valence-electron chi connectivity index (χ2n) is 7.93. The minimum atomic E-state index is -0.172. The van der Waals surface area contributed by atoms with Crippen LogP contribution in [0.5, 0.6) is 0 Å². The van der Waals surface area contributed by atoms with Gasteiger partial charge in [0, 0.05) is 38.8 Å². The maximum absolute atomic E-state index is 13.2. The quantitative estimate of drug-likeness (QED) is 0.522. The van der Waals surface area contributed by atoms with Crippen LogP contribution >= 0.6 is 0 Å². The Labute approximate surface area is 156 Å². The third-order valence-corrected chi connectivity index (χ3v) is 6.07. The summed E-state index contributed by atoms with van der Waals surface area (Å²) in [7, 11) is 1.77. The molecule has 0 atom stereocenters. The minimum Gasteiger partial charge on any atom is -0.385 e. The summed E-state index contributed by atoms with van der Waals surface area (Å²) < 4.78 is 18.5. The Morgan fingerprint density at radius 1 is 1.15 bits per heavy atom. The standard InChI is InChI=1S/C21H32FN3O/c1-3-23-19(24-15-20(9-4-10-20)13-14-26-2)25-16-21(11-12-21)17-5-7-18(22)8-6-17/h5-8H,3-4,9-16H2,1-2H3,(H2,23,24,25). The summed E-state index contributed by atoms with van der Waals surface area (Å²) in [5, 5.41) is 6.90. The molecular weight excluding hydrogens is 329 g/mol.